The van der Waals surface area contributed by atoms with E-state index in [2.05, 4.69) is 0 Å². The molecule has 1 rings (SSSR count). The van der Waals surface area contributed by atoms with Gasteiger partial charge in [0, 0.05) is 0 Å². The number of ether oxygens (including phenoxy) is 3. The number of hydrogen-bond donors (Lipinski definition) is 0. The molecule has 0 amide bonds. The fourth-order valence-electron chi connectivity index (χ4n) is 1.49. The molecule has 4 heteroatoms. The van der Waals surface area contributed by atoms with Gasteiger partial charge in [-0.2, -0.15) is 0 Å². The lowest BCUT2D eigenvalue weighted by molar-refractivity contribution is -0.0174. The maximum Gasteiger partial charge on any atom is 0.508 e. The van der Waals surface area contributed by atoms with Gasteiger partial charge in [-0.1, -0.05) is 20.8 Å². The smallest absolute Gasteiger partial charge is 0.434 e. The predicted molar refractivity (Wildman–Crippen MR) is 60.3 cm³/mol. The first-order valence-corrected chi connectivity index (χ1v) is 5.82. The molecular formula is C12H22O4. The average molecular weight is 230 g/mol. The van der Waals surface area contributed by atoms with Crippen molar-refractivity contribution in [2.75, 3.05) is 13.2 Å². The van der Waals surface area contributed by atoms with Gasteiger partial charge in [0.15, 0.2) is 0 Å². The van der Waals surface area contributed by atoms with Crippen molar-refractivity contribution in [1.82, 2.24) is 0 Å². The standard InChI is InChI=1S/C12H22O4/c1-9-5-6-10(16-9)7-14-11(13)15-8-12(2,3)4/h9-10H,5-8H2,1-4H3. The zero-order chi connectivity index (χ0) is 12.2. The highest BCUT2D eigenvalue weighted by Gasteiger charge is 2.23. The third-order valence-corrected chi connectivity index (χ3v) is 2.33. The van der Waals surface area contributed by atoms with Crippen molar-refractivity contribution < 1.29 is 19.0 Å². The third-order valence-electron chi connectivity index (χ3n) is 2.33. The Hall–Kier alpha value is -0.770. The topological polar surface area (TPSA) is 44.8 Å². The van der Waals surface area contributed by atoms with Crippen molar-refractivity contribution in [3.8, 4) is 0 Å². The predicted octanol–water partition coefficient (Wildman–Crippen LogP) is 2.75. The Labute approximate surface area is 97.2 Å². The van der Waals surface area contributed by atoms with E-state index in [0.29, 0.717) is 13.2 Å². The van der Waals surface area contributed by atoms with Gasteiger partial charge in [0.05, 0.1) is 18.8 Å². The lowest BCUT2D eigenvalue weighted by atomic mass is 9.99. The molecule has 1 fully saturated rings. The molecular weight excluding hydrogens is 208 g/mol. The first-order chi connectivity index (χ1) is 7.37. The van der Waals surface area contributed by atoms with Crippen LogP contribution in [0.2, 0.25) is 0 Å². The minimum absolute atomic E-state index is 0.0304. The summed E-state index contributed by atoms with van der Waals surface area (Å²) in [7, 11) is 0. The largest absolute Gasteiger partial charge is 0.508 e. The quantitative estimate of drug-likeness (QED) is 0.699. The zero-order valence-electron chi connectivity index (χ0n) is 10.6. The SMILES string of the molecule is CC1CCC(COC(=O)OCC(C)(C)C)O1. The molecule has 0 radical (unpaired) electrons. The van der Waals surface area contributed by atoms with Crippen molar-refractivity contribution in [2.24, 2.45) is 5.41 Å². The molecule has 1 aliphatic heterocycles. The maximum atomic E-state index is 11.2. The van der Waals surface area contributed by atoms with Crippen LogP contribution in [0.4, 0.5) is 4.79 Å². The first kappa shape index (κ1) is 13.3. The molecule has 0 bridgehead atoms. The summed E-state index contributed by atoms with van der Waals surface area (Å²) in [5.74, 6) is 0. The second-order valence-electron chi connectivity index (χ2n) is 5.56. The molecule has 16 heavy (non-hydrogen) atoms. The lowest BCUT2D eigenvalue weighted by Gasteiger charge is -2.18. The molecule has 0 aromatic rings. The minimum Gasteiger partial charge on any atom is -0.434 e. The van der Waals surface area contributed by atoms with Gasteiger partial charge in [-0.3, -0.25) is 0 Å². The van der Waals surface area contributed by atoms with Crippen LogP contribution < -0.4 is 0 Å². The Balaban J connectivity index is 2.11. The highest BCUT2D eigenvalue weighted by molar-refractivity contribution is 5.59. The van der Waals surface area contributed by atoms with E-state index >= 15 is 0 Å². The van der Waals surface area contributed by atoms with Gasteiger partial charge in [0.1, 0.15) is 6.61 Å². The molecule has 1 aliphatic rings. The Morgan fingerprint density at radius 3 is 2.50 bits per heavy atom. The van der Waals surface area contributed by atoms with Gasteiger partial charge < -0.3 is 14.2 Å². The van der Waals surface area contributed by atoms with Crippen molar-refractivity contribution >= 4 is 6.16 Å². The molecule has 0 spiro atoms. The van der Waals surface area contributed by atoms with Crippen LogP contribution in [0.3, 0.4) is 0 Å². The van der Waals surface area contributed by atoms with Crippen LogP contribution in [0.5, 0.6) is 0 Å². The summed E-state index contributed by atoms with van der Waals surface area (Å²) in [6, 6.07) is 0. The normalized spacial score (nSPS) is 25.5. The summed E-state index contributed by atoms with van der Waals surface area (Å²) in [4.78, 5) is 11.2. The number of hydrogen-bond acceptors (Lipinski definition) is 4. The molecule has 2 unspecified atom stereocenters. The summed E-state index contributed by atoms with van der Waals surface area (Å²) in [6.07, 6.45) is 1.70. The fourth-order valence-corrected chi connectivity index (χ4v) is 1.49. The summed E-state index contributed by atoms with van der Waals surface area (Å²) >= 11 is 0. The fraction of sp³-hybridized carbons (Fsp3) is 0.917. The monoisotopic (exact) mass is 230 g/mol. The van der Waals surface area contributed by atoms with E-state index in [1.165, 1.54) is 0 Å². The summed E-state index contributed by atoms with van der Waals surface area (Å²) in [5.41, 5.74) is -0.0304. The molecule has 0 N–H and O–H groups in total. The van der Waals surface area contributed by atoms with Crippen molar-refractivity contribution in [3.05, 3.63) is 0 Å². The summed E-state index contributed by atoms with van der Waals surface area (Å²) < 4.78 is 15.5. The molecule has 1 saturated heterocycles. The Morgan fingerprint density at radius 2 is 2.00 bits per heavy atom. The number of carbonyl (C=O) groups is 1. The van der Waals surface area contributed by atoms with Crippen LogP contribution in [-0.4, -0.2) is 31.6 Å². The van der Waals surface area contributed by atoms with Crippen LogP contribution in [0.15, 0.2) is 0 Å². The highest BCUT2D eigenvalue weighted by Crippen LogP contribution is 2.19. The van der Waals surface area contributed by atoms with Crippen LogP contribution >= 0.6 is 0 Å². The molecule has 2 atom stereocenters. The molecule has 4 nitrogen and oxygen atoms in total. The molecule has 0 aliphatic carbocycles. The summed E-state index contributed by atoms with van der Waals surface area (Å²) in [5, 5.41) is 0. The second-order valence-corrected chi connectivity index (χ2v) is 5.56. The van der Waals surface area contributed by atoms with E-state index in [-0.39, 0.29) is 17.6 Å². The van der Waals surface area contributed by atoms with E-state index in [1.807, 2.05) is 27.7 Å². The van der Waals surface area contributed by atoms with Gasteiger partial charge >= 0.3 is 6.16 Å². The number of rotatable bonds is 3. The van der Waals surface area contributed by atoms with Gasteiger partial charge in [-0.25, -0.2) is 4.79 Å². The second kappa shape index (κ2) is 5.53. The van der Waals surface area contributed by atoms with Crippen LogP contribution in [0, 0.1) is 5.41 Å². The molecule has 0 aromatic heterocycles. The van der Waals surface area contributed by atoms with E-state index < -0.39 is 6.16 Å². The maximum absolute atomic E-state index is 11.2. The van der Waals surface area contributed by atoms with Gasteiger partial charge in [0.25, 0.3) is 0 Å². The molecule has 1 heterocycles. The minimum atomic E-state index is -0.599. The van der Waals surface area contributed by atoms with E-state index in [9.17, 15) is 4.79 Å². The Bertz CT molecular complexity index is 232. The average Bonchev–Trinajstić information content (AvgIpc) is 2.57. The lowest BCUT2D eigenvalue weighted by Crippen LogP contribution is -2.23. The number of carbonyl (C=O) groups excluding carboxylic acids is 1. The Morgan fingerprint density at radius 1 is 1.31 bits per heavy atom. The molecule has 94 valence electrons. The highest BCUT2D eigenvalue weighted by atomic mass is 16.7. The molecule has 0 saturated carbocycles. The summed E-state index contributed by atoms with van der Waals surface area (Å²) in [6.45, 7) is 8.70. The van der Waals surface area contributed by atoms with Crippen LogP contribution in [0.25, 0.3) is 0 Å². The van der Waals surface area contributed by atoms with E-state index in [4.69, 9.17) is 14.2 Å². The van der Waals surface area contributed by atoms with E-state index in [0.717, 1.165) is 12.8 Å². The zero-order valence-corrected chi connectivity index (χ0v) is 10.6. The first-order valence-electron chi connectivity index (χ1n) is 5.82. The van der Waals surface area contributed by atoms with Gasteiger partial charge in [-0.15, -0.1) is 0 Å². The molecule has 0 aromatic carbocycles. The van der Waals surface area contributed by atoms with Crippen LogP contribution in [0.1, 0.15) is 40.5 Å². The van der Waals surface area contributed by atoms with Crippen LogP contribution in [-0.2, 0) is 14.2 Å². The third kappa shape index (κ3) is 5.35. The van der Waals surface area contributed by atoms with E-state index in [1.54, 1.807) is 0 Å². The van der Waals surface area contributed by atoms with Gasteiger partial charge in [0.2, 0.25) is 0 Å². The van der Waals surface area contributed by atoms with Crippen molar-refractivity contribution in [1.29, 1.82) is 0 Å². The van der Waals surface area contributed by atoms with Crippen molar-refractivity contribution in [2.45, 2.75) is 52.7 Å². The van der Waals surface area contributed by atoms with Crippen molar-refractivity contribution in [3.63, 3.8) is 0 Å². The van der Waals surface area contributed by atoms with Gasteiger partial charge in [-0.05, 0) is 25.2 Å². The Kier molecular flexibility index (Phi) is 4.59.